The molecule has 7 heteroatoms. The fourth-order valence-corrected chi connectivity index (χ4v) is 4.15. The first-order valence-electron chi connectivity index (χ1n) is 9.07. The molecule has 0 radical (unpaired) electrons. The number of aliphatic hydroxyl groups is 1. The molecule has 0 aliphatic carbocycles. The van der Waals surface area contributed by atoms with Crippen LogP contribution in [-0.2, 0) is 9.59 Å². The zero-order valence-electron chi connectivity index (χ0n) is 15.9. The van der Waals surface area contributed by atoms with E-state index in [-0.39, 0.29) is 31.4 Å². The third-order valence-electron chi connectivity index (χ3n) is 4.35. The number of carbonyl (C=O) groups excluding carboxylic acids is 2. The summed E-state index contributed by atoms with van der Waals surface area (Å²) in [5.41, 5.74) is 3.57. The average molecular weight is 398 g/mol. The predicted octanol–water partition coefficient (Wildman–Crippen LogP) is 3.26. The Morgan fingerprint density at radius 1 is 1.21 bits per heavy atom. The first-order chi connectivity index (χ1) is 13.5. The van der Waals surface area contributed by atoms with E-state index in [2.05, 4.69) is 10.3 Å². The molecular weight excluding hydrogens is 374 g/mol. The number of hydrogen-bond acceptors (Lipinski definition) is 5. The number of nitrogens with one attached hydrogen (secondary N) is 1. The fraction of sp³-hybridized carbons (Fsp3) is 0.286. The Kier molecular flexibility index (Phi) is 6.49. The Bertz CT molecular complexity index is 899. The minimum Gasteiger partial charge on any atom is -0.395 e. The molecule has 2 amide bonds. The SMILES string of the molecule is Cc1ccc(NC(=O)C[C@@H]2SC(=Nc3ccccc3)N(CCO)C2=O)c(C)c1. The molecule has 1 saturated heterocycles. The molecule has 2 aromatic rings. The largest absolute Gasteiger partial charge is 0.395 e. The highest BCUT2D eigenvalue weighted by Crippen LogP contribution is 2.31. The minimum absolute atomic E-state index is 0.0482. The number of amides is 2. The highest BCUT2D eigenvalue weighted by Gasteiger charge is 2.38. The number of nitrogens with zero attached hydrogens (tertiary/aromatic N) is 2. The van der Waals surface area contributed by atoms with Crippen LogP contribution >= 0.6 is 11.8 Å². The van der Waals surface area contributed by atoms with Crippen LogP contribution in [0.25, 0.3) is 0 Å². The molecule has 146 valence electrons. The number of hydrogen-bond donors (Lipinski definition) is 2. The second-order valence-corrected chi connectivity index (χ2v) is 7.79. The summed E-state index contributed by atoms with van der Waals surface area (Å²) in [5, 5.41) is 12.1. The van der Waals surface area contributed by atoms with Crippen molar-refractivity contribution in [2.75, 3.05) is 18.5 Å². The molecule has 1 aliphatic heterocycles. The van der Waals surface area contributed by atoms with Gasteiger partial charge < -0.3 is 10.4 Å². The normalized spacial score (nSPS) is 18.0. The van der Waals surface area contributed by atoms with Gasteiger partial charge in [0.15, 0.2) is 5.17 Å². The number of thioether (sulfide) groups is 1. The standard InChI is InChI=1S/C21H23N3O3S/c1-14-8-9-17(15(2)12-14)23-19(26)13-18-20(27)24(10-11-25)21(28-18)22-16-6-4-3-5-7-16/h3-9,12,18,25H,10-11,13H2,1-2H3,(H,23,26)/t18-/m0/s1. The number of aryl methyl sites for hydroxylation is 2. The molecule has 1 aliphatic rings. The quantitative estimate of drug-likeness (QED) is 0.784. The first-order valence-corrected chi connectivity index (χ1v) is 9.95. The van der Waals surface area contributed by atoms with Crippen molar-refractivity contribution < 1.29 is 14.7 Å². The summed E-state index contributed by atoms with van der Waals surface area (Å²) < 4.78 is 0. The summed E-state index contributed by atoms with van der Waals surface area (Å²) in [6.07, 6.45) is 0.0482. The number of β-amino-alcohol motifs (C(OH)–C–C–N with tert-alkyl or cyclic N) is 1. The lowest BCUT2D eigenvalue weighted by atomic mass is 10.1. The van der Waals surface area contributed by atoms with Crippen LogP contribution in [0.3, 0.4) is 0 Å². The highest BCUT2D eigenvalue weighted by molar-refractivity contribution is 8.15. The zero-order valence-corrected chi connectivity index (χ0v) is 16.7. The Labute approximate surface area is 168 Å². The summed E-state index contributed by atoms with van der Waals surface area (Å²) in [7, 11) is 0. The Hall–Kier alpha value is -2.64. The summed E-state index contributed by atoms with van der Waals surface area (Å²) in [4.78, 5) is 31.2. The predicted molar refractivity (Wildman–Crippen MR) is 113 cm³/mol. The van der Waals surface area contributed by atoms with Crippen LogP contribution in [0.15, 0.2) is 53.5 Å². The first kappa shape index (κ1) is 20.1. The van der Waals surface area contributed by atoms with E-state index in [1.807, 2.05) is 62.4 Å². The molecule has 0 saturated carbocycles. The number of amidine groups is 1. The molecule has 0 aromatic heterocycles. The van der Waals surface area contributed by atoms with Gasteiger partial charge in [0, 0.05) is 12.1 Å². The third kappa shape index (κ3) is 4.79. The van der Waals surface area contributed by atoms with Crippen molar-refractivity contribution in [3.8, 4) is 0 Å². The molecule has 0 bridgehead atoms. The zero-order chi connectivity index (χ0) is 20.1. The van der Waals surface area contributed by atoms with Gasteiger partial charge in [-0.3, -0.25) is 14.5 Å². The van der Waals surface area contributed by atoms with E-state index in [0.717, 1.165) is 22.5 Å². The summed E-state index contributed by atoms with van der Waals surface area (Å²) in [6, 6.07) is 15.1. The van der Waals surface area contributed by atoms with Gasteiger partial charge in [-0.1, -0.05) is 47.7 Å². The van der Waals surface area contributed by atoms with Crippen molar-refractivity contribution >= 4 is 40.1 Å². The van der Waals surface area contributed by atoms with Gasteiger partial charge >= 0.3 is 0 Å². The van der Waals surface area contributed by atoms with Gasteiger partial charge in [0.1, 0.15) is 5.25 Å². The second-order valence-electron chi connectivity index (χ2n) is 6.62. The molecule has 0 spiro atoms. The molecular formula is C21H23N3O3S. The van der Waals surface area contributed by atoms with Crippen molar-refractivity contribution in [2.24, 2.45) is 4.99 Å². The van der Waals surface area contributed by atoms with Crippen molar-refractivity contribution in [1.82, 2.24) is 4.90 Å². The average Bonchev–Trinajstić information content (AvgIpc) is 2.94. The monoisotopic (exact) mass is 397 g/mol. The number of anilines is 1. The van der Waals surface area contributed by atoms with Crippen LogP contribution < -0.4 is 5.32 Å². The van der Waals surface area contributed by atoms with Crippen LogP contribution in [0.1, 0.15) is 17.5 Å². The van der Waals surface area contributed by atoms with E-state index in [1.165, 1.54) is 16.7 Å². The van der Waals surface area contributed by atoms with Crippen LogP contribution in [0.2, 0.25) is 0 Å². The molecule has 2 N–H and O–H groups in total. The lowest BCUT2D eigenvalue weighted by Gasteiger charge is -2.14. The molecule has 1 atom stereocenters. The van der Waals surface area contributed by atoms with E-state index in [9.17, 15) is 14.7 Å². The Balaban J connectivity index is 1.72. The van der Waals surface area contributed by atoms with Crippen molar-refractivity contribution in [2.45, 2.75) is 25.5 Å². The number of carbonyl (C=O) groups is 2. The summed E-state index contributed by atoms with van der Waals surface area (Å²) >= 11 is 1.26. The fourth-order valence-electron chi connectivity index (χ4n) is 2.97. The van der Waals surface area contributed by atoms with E-state index in [0.29, 0.717) is 5.17 Å². The van der Waals surface area contributed by atoms with Crippen molar-refractivity contribution in [3.05, 3.63) is 59.7 Å². The lowest BCUT2D eigenvalue weighted by Crippen LogP contribution is -2.35. The topological polar surface area (TPSA) is 82.0 Å². The van der Waals surface area contributed by atoms with Gasteiger partial charge in [0.2, 0.25) is 11.8 Å². The van der Waals surface area contributed by atoms with Gasteiger partial charge in [0.25, 0.3) is 0 Å². The molecule has 1 fully saturated rings. The third-order valence-corrected chi connectivity index (χ3v) is 5.53. The van der Waals surface area contributed by atoms with E-state index < -0.39 is 5.25 Å². The van der Waals surface area contributed by atoms with Crippen LogP contribution in [0.4, 0.5) is 11.4 Å². The van der Waals surface area contributed by atoms with Crippen LogP contribution in [0.5, 0.6) is 0 Å². The number of aliphatic hydroxyl groups excluding tert-OH is 1. The summed E-state index contributed by atoms with van der Waals surface area (Å²) in [5.74, 6) is -0.424. The number of para-hydroxylation sites is 1. The maximum atomic E-state index is 12.7. The smallest absolute Gasteiger partial charge is 0.242 e. The van der Waals surface area contributed by atoms with Crippen molar-refractivity contribution in [1.29, 1.82) is 0 Å². The lowest BCUT2D eigenvalue weighted by molar-refractivity contribution is -0.128. The van der Waals surface area contributed by atoms with Gasteiger partial charge in [0.05, 0.1) is 18.8 Å². The Morgan fingerprint density at radius 2 is 1.96 bits per heavy atom. The minimum atomic E-state index is -0.556. The van der Waals surface area contributed by atoms with Gasteiger partial charge in [-0.15, -0.1) is 0 Å². The van der Waals surface area contributed by atoms with Gasteiger partial charge in [-0.05, 0) is 37.6 Å². The van der Waals surface area contributed by atoms with E-state index >= 15 is 0 Å². The maximum absolute atomic E-state index is 12.7. The molecule has 3 rings (SSSR count). The Morgan fingerprint density at radius 3 is 2.64 bits per heavy atom. The van der Waals surface area contributed by atoms with Gasteiger partial charge in [-0.25, -0.2) is 4.99 Å². The number of rotatable bonds is 6. The molecule has 1 heterocycles. The second kappa shape index (κ2) is 9.03. The van der Waals surface area contributed by atoms with Crippen LogP contribution in [0, 0.1) is 13.8 Å². The molecule has 28 heavy (non-hydrogen) atoms. The summed E-state index contributed by atoms with van der Waals surface area (Å²) in [6.45, 7) is 3.93. The maximum Gasteiger partial charge on any atom is 0.242 e. The van der Waals surface area contributed by atoms with Crippen LogP contribution in [-0.4, -0.2) is 45.4 Å². The number of benzene rings is 2. The van der Waals surface area contributed by atoms with Gasteiger partial charge in [-0.2, -0.15) is 0 Å². The molecule has 0 unspecified atom stereocenters. The number of aliphatic imine (C=N–C) groups is 1. The molecule has 2 aromatic carbocycles. The van der Waals surface area contributed by atoms with Crippen molar-refractivity contribution in [3.63, 3.8) is 0 Å². The van der Waals surface area contributed by atoms with E-state index in [4.69, 9.17) is 0 Å². The highest BCUT2D eigenvalue weighted by atomic mass is 32.2. The van der Waals surface area contributed by atoms with E-state index in [1.54, 1.807) is 0 Å². The molecule has 6 nitrogen and oxygen atoms in total.